The van der Waals surface area contributed by atoms with E-state index in [0.29, 0.717) is 5.75 Å². The Morgan fingerprint density at radius 2 is 1.89 bits per heavy atom. The third-order valence-electron chi connectivity index (χ3n) is 2.44. The fraction of sp³-hybridized carbons (Fsp3) is 0.462. The van der Waals surface area contributed by atoms with E-state index in [1.165, 1.54) is 12.1 Å². The molecule has 0 aromatic heterocycles. The number of nitriles is 1. The molecule has 0 fully saturated rings. The van der Waals surface area contributed by atoms with E-state index < -0.39 is 10.1 Å². The molecule has 0 atom stereocenters. The highest BCUT2D eigenvalue weighted by Crippen LogP contribution is 2.24. The van der Waals surface area contributed by atoms with E-state index in [1.54, 1.807) is 12.1 Å². The summed E-state index contributed by atoms with van der Waals surface area (Å²) < 4.78 is 29.0. The van der Waals surface area contributed by atoms with E-state index in [1.807, 2.05) is 26.2 Å². The van der Waals surface area contributed by atoms with Crippen molar-refractivity contribution in [2.45, 2.75) is 25.7 Å². The van der Waals surface area contributed by atoms with Gasteiger partial charge in [-0.1, -0.05) is 31.5 Å². The highest BCUT2D eigenvalue weighted by Gasteiger charge is 2.23. The Morgan fingerprint density at radius 1 is 1.32 bits per heavy atom. The van der Waals surface area contributed by atoms with Crippen LogP contribution < -0.4 is 0 Å². The first-order chi connectivity index (χ1) is 8.77. The average Bonchev–Trinajstić information content (AvgIpc) is 2.35. The zero-order valence-electron chi connectivity index (χ0n) is 11.2. The number of rotatable bonds is 6. The topological polar surface area (TPSA) is 67.2 Å². The Labute approximate surface area is 118 Å². The van der Waals surface area contributed by atoms with Gasteiger partial charge >= 0.3 is 0 Å². The van der Waals surface area contributed by atoms with Gasteiger partial charge in [-0.2, -0.15) is 13.7 Å². The molecule has 0 amide bonds. The van der Waals surface area contributed by atoms with Gasteiger partial charge in [-0.25, -0.2) is 0 Å². The monoisotopic (exact) mass is 299 g/mol. The molecule has 4 nitrogen and oxygen atoms in total. The molecule has 0 saturated carbocycles. The Kier molecular flexibility index (Phi) is 5.41. The van der Waals surface area contributed by atoms with Crippen LogP contribution in [0.15, 0.2) is 29.2 Å². The van der Waals surface area contributed by atoms with Crippen molar-refractivity contribution < 1.29 is 12.6 Å². The van der Waals surface area contributed by atoms with Crippen LogP contribution >= 0.6 is 11.8 Å². The SMILES string of the molecule is Cc1ccc(S(=O)(=O)OCC(C)(C)CSC#N)cc1. The molecular formula is C13H17NO3S2. The Balaban J connectivity index is 2.71. The van der Waals surface area contributed by atoms with Crippen molar-refractivity contribution in [1.82, 2.24) is 0 Å². The summed E-state index contributed by atoms with van der Waals surface area (Å²) in [5.74, 6) is 0.521. The normalized spacial score (nSPS) is 12.1. The molecule has 1 rings (SSSR count). The molecule has 0 unspecified atom stereocenters. The quantitative estimate of drug-likeness (QED) is 0.597. The lowest BCUT2D eigenvalue weighted by Crippen LogP contribution is -2.24. The van der Waals surface area contributed by atoms with Crippen molar-refractivity contribution >= 4 is 21.9 Å². The van der Waals surface area contributed by atoms with Gasteiger partial charge in [-0.3, -0.25) is 4.18 Å². The zero-order valence-corrected chi connectivity index (χ0v) is 12.8. The highest BCUT2D eigenvalue weighted by atomic mass is 32.2. The molecule has 6 heteroatoms. The largest absolute Gasteiger partial charge is 0.296 e. The summed E-state index contributed by atoms with van der Waals surface area (Å²) in [5.41, 5.74) is 0.614. The first-order valence-electron chi connectivity index (χ1n) is 5.74. The molecule has 0 heterocycles. The molecule has 1 aromatic rings. The third kappa shape index (κ3) is 5.23. The summed E-state index contributed by atoms with van der Waals surface area (Å²) >= 11 is 1.09. The van der Waals surface area contributed by atoms with E-state index in [9.17, 15) is 8.42 Å². The fourth-order valence-electron chi connectivity index (χ4n) is 1.28. The molecule has 0 saturated heterocycles. The number of thioether (sulfide) groups is 1. The summed E-state index contributed by atoms with van der Waals surface area (Å²) in [7, 11) is -3.73. The van der Waals surface area contributed by atoms with Crippen LogP contribution in [-0.2, 0) is 14.3 Å². The van der Waals surface area contributed by atoms with Crippen molar-refractivity contribution in [3.05, 3.63) is 29.8 Å². The van der Waals surface area contributed by atoms with E-state index in [2.05, 4.69) is 0 Å². The predicted octanol–water partition coefficient (Wildman–Crippen LogP) is 2.94. The lowest BCUT2D eigenvalue weighted by Gasteiger charge is -2.21. The van der Waals surface area contributed by atoms with Gasteiger partial charge in [-0.15, -0.1) is 0 Å². The minimum absolute atomic E-state index is 0.0535. The minimum Gasteiger partial charge on any atom is -0.266 e. The van der Waals surface area contributed by atoms with Crippen LogP contribution in [0.1, 0.15) is 19.4 Å². The fourth-order valence-corrected chi connectivity index (χ4v) is 2.90. The molecule has 0 aliphatic rings. The molecule has 0 radical (unpaired) electrons. The maximum Gasteiger partial charge on any atom is 0.296 e. The second-order valence-electron chi connectivity index (χ2n) is 5.07. The summed E-state index contributed by atoms with van der Waals surface area (Å²) in [6.45, 7) is 5.67. The van der Waals surface area contributed by atoms with Gasteiger partial charge in [0.25, 0.3) is 10.1 Å². The average molecular weight is 299 g/mol. The number of aryl methyl sites for hydroxylation is 1. The molecule has 0 N–H and O–H groups in total. The molecule has 1 aromatic carbocycles. The number of hydrogen-bond donors (Lipinski definition) is 0. The highest BCUT2D eigenvalue weighted by molar-refractivity contribution is 8.03. The standard InChI is InChI=1S/C13H17NO3S2/c1-11-4-6-12(7-5-11)19(15,16)17-8-13(2,3)9-18-10-14/h4-7H,8-9H2,1-3H3. The van der Waals surface area contributed by atoms with Gasteiger partial charge in [-0.05, 0) is 36.2 Å². The number of thiocyanates is 1. The lowest BCUT2D eigenvalue weighted by atomic mass is 9.98. The van der Waals surface area contributed by atoms with Crippen molar-refractivity contribution in [2.75, 3.05) is 12.4 Å². The van der Waals surface area contributed by atoms with Gasteiger partial charge in [0.15, 0.2) is 0 Å². The second-order valence-corrected chi connectivity index (χ2v) is 7.45. The van der Waals surface area contributed by atoms with Crippen molar-refractivity contribution in [2.24, 2.45) is 5.41 Å². The van der Waals surface area contributed by atoms with Gasteiger partial charge < -0.3 is 0 Å². The van der Waals surface area contributed by atoms with Crippen LogP contribution in [0.3, 0.4) is 0 Å². The molecule has 0 bridgehead atoms. The lowest BCUT2D eigenvalue weighted by molar-refractivity contribution is 0.207. The molecule has 0 aliphatic heterocycles. The van der Waals surface area contributed by atoms with Crippen LogP contribution in [0.4, 0.5) is 0 Å². The molecular weight excluding hydrogens is 282 g/mol. The minimum atomic E-state index is -3.73. The van der Waals surface area contributed by atoms with E-state index in [4.69, 9.17) is 9.44 Å². The van der Waals surface area contributed by atoms with E-state index in [0.717, 1.165) is 17.3 Å². The third-order valence-corrected chi connectivity index (χ3v) is 4.77. The van der Waals surface area contributed by atoms with Crippen molar-refractivity contribution in [3.8, 4) is 5.40 Å². The molecule has 0 spiro atoms. The van der Waals surface area contributed by atoms with Crippen LogP contribution in [0.5, 0.6) is 0 Å². The Bertz CT molecular complexity index is 557. The Morgan fingerprint density at radius 3 is 2.42 bits per heavy atom. The van der Waals surface area contributed by atoms with Crippen LogP contribution in [-0.4, -0.2) is 20.8 Å². The van der Waals surface area contributed by atoms with Gasteiger partial charge in [0, 0.05) is 5.75 Å². The van der Waals surface area contributed by atoms with Crippen LogP contribution in [0.2, 0.25) is 0 Å². The zero-order chi connectivity index (χ0) is 14.5. The molecule has 19 heavy (non-hydrogen) atoms. The number of benzene rings is 1. The summed E-state index contributed by atoms with van der Waals surface area (Å²) in [4.78, 5) is 0.154. The first-order valence-corrected chi connectivity index (χ1v) is 8.13. The van der Waals surface area contributed by atoms with E-state index >= 15 is 0 Å². The van der Waals surface area contributed by atoms with Gasteiger partial charge in [0.2, 0.25) is 0 Å². The summed E-state index contributed by atoms with van der Waals surface area (Å²) in [5, 5.41) is 10.5. The Hall–Kier alpha value is -1.03. The molecule has 104 valence electrons. The number of nitrogens with zero attached hydrogens (tertiary/aromatic N) is 1. The first kappa shape index (κ1) is 16.0. The number of hydrogen-bond acceptors (Lipinski definition) is 5. The smallest absolute Gasteiger partial charge is 0.266 e. The maximum atomic E-state index is 12.0. The maximum absolute atomic E-state index is 12.0. The second kappa shape index (κ2) is 6.42. The summed E-state index contributed by atoms with van der Waals surface area (Å²) in [6.07, 6.45) is 0. The van der Waals surface area contributed by atoms with Crippen molar-refractivity contribution in [1.29, 1.82) is 5.26 Å². The van der Waals surface area contributed by atoms with Crippen LogP contribution in [0.25, 0.3) is 0 Å². The van der Waals surface area contributed by atoms with E-state index in [-0.39, 0.29) is 16.9 Å². The van der Waals surface area contributed by atoms with Gasteiger partial charge in [0.1, 0.15) is 5.40 Å². The van der Waals surface area contributed by atoms with Crippen molar-refractivity contribution in [3.63, 3.8) is 0 Å². The van der Waals surface area contributed by atoms with Gasteiger partial charge in [0.05, 0.1) is 11.5 Å². The predicted molar refractivity (Wildman–Crippen MR) is 76.2 cm³/mol. The van der Waals surface area contributed by atoms with Crippen LogP contribution in [0, 0.1) is 23.0 Å². The summed E-state index contributed by atoms with van der Waals surface area (Å²) in [6, 6.07) is 6.52. The molecule has 0 aliphatic carbocycles.